The Bertz CT molecular complexity index is 616. The van der Waals surface area contributed by atoms with E-state index in [1.807, 2.05) is 12.1 Å². The minimum Gasteiger partial charge on any atom is -0.469 e. The Morgan fingerprint density at radius 2 is 1.52 bits per heavy atom. The number of nitrogens with one attached hydrogen (secondary N) is 1. The van der Waals surface area contributed by atoms with E-state index in [2.05, 4.69) is 30.8 Å². The molecular formula is C19H27NO5. The zero-order valence-corrected chi connectivity index (χ0v) is 15.7. The van der Waals surface area contributed by atoms with Crippen molar-refractivity contribution >= 4 is 17.8 Å². The van der Waals surface area contributed by atoms with Crippen LogP contribution in [0.2, 0.25) is 0 Å². The third-order valence-corrected chi connectivity index (χ3v) is 4.00. The molecule has 0 saturated carbocycles. The molecule has 0 aliphatic rings. The van der Waals surface area contributed by atoms with Crippen LogP contribution in [0.4, 0.5) is 0 Å². The summed E-state index contributed by atoms with van der Waals surface area (Å²) in [5.41, 5.74) is 1.53. The maximum absolute atomic E-state index is 12.4. The van der Waals surface area contributed by atoms with Gasteiger partial charge in [0.05, 0.1) is 20.1 Å². The number of esters is 2. The van der Waals surface area contributed by atoms with Crippen LogP contribution in [0.3, 0.4) is 0 Å². The summed E-state index contributed by atoms with van der Waals surface area (Å²) < 4.78 is 9.38. The predicted octanol–water partition coefficient (Wildman–Crippen LogP) is 2.45. The molecule has 0 spiro atoms. The van der Waals surface area contributed by atoms with Crippen LogP contribution in [0.15, 0.2) is 24.3 Å². The molecule has 0 heterocycles. The van der Waals surface area contributed by atoms with Gasteiger partial charge in [0.1, 0.15) is 6.04 Å². The maximum Gasteiger partial charge on any atom is 0.328 e. The highest BCUT2D eigenvalue weighted by Crippen LogP contribution is 2.22. The Hall–Kier alpha value is -2.37. The number of rotatable bonds is 6. The lowest BCUT2D eigenvalue weighted by Crippen LogP contribution is -2.43. The van der Waals surface area contributed by atoms with Gasteiger partial charge in [-0.25, -0.2) is 4.79 Å². The van der Waals surface area contributed by atoms with E-state index in [1.165, 1.54) is 14.2 Å². The summed E-state index contributed by atoms with van der Waals surface area (Å²) in [4.78, 5) is 35.9. The van der Waals surface area contributed by atoms with E-state index in [4.69, 9.17) is 4.74 Å². The van der Waals surface area contributed by atoms with Crippen molar-refractivity contribution in [3.05, 3.63) is 35.4 Å². The minimum absolute atomic E-state index is 0.0144. The van der Waals surface area contributed by atoms with Gasteiger partial charge < -0.3 is 14.8 Å². The minimum atomic E-state index is -0.922. The number of carbonyl (C=O) groups is 3. The summed E-state index contributed by atoms with van der Waals surface area (Å²) in [6, 6.07) is 6.29. The molecular weight excluding hydrogens is 322 g/mol. The molecule has 1 aromatic carbocycles. The van der Waals surface area contributed by atoms with Crippen LogP contribution >= 0.6 is 0 Å². The molecule has 1 N–H and O–H groups in total. The fraction of sp³-hybridized carbons (Fsp3) is 0.526. The Morgan fingerprint density at radius 1 is 1.00 bits per heavy atom. The topological polar surface area (TPSA) is 81.7 Å². The Balaban J connectivity index is 2.87. The largest absolute Gasteiger partial charge is 0.469 e. The van der Waals surface area contributed by atoms with Gasteiger partial charge in [-0.2, -0.15) is 0 Å². The number of ether oxygens (including phenoxy) is 2. The second-order valence-corrected chi connectivity index (χ2v) is 7.04. The van der Waals surface area contributed by atoms with Crippen LogP contribution < -0.4 is 5.32 Å². The molecule has 1 rings (SSSR count). The number of hydrogen-bond donors (Lipinski definition) is 1. The molecule has 0 aliphatic heterocycles. The van der Waals surface area contributed by atoms with Gasteiger partial charge in [0, 0.05) is 5.56 Å². The highest BCUT2D eigenvalue weighted by Gasteiger charge is 2.27. The van der Waals surface area contributed by atoms with E-state index in [1.54, 1.807) is 19.1 Å². The number of carbonyl (C=O) groups excluding carboxylic acids is 3. The summed E-state index contributed by atoms with van der Waals surface area (Å²) in [5.74, 6) is -1.99. The zero-order valence-electron chi connectivity index (χ0n) is 15.7. The summed E-state index contributed by atoms with van der Waals surface area (Å²) in [7, 11) is 2.52. The van der Waals surface area contributed by atoms with Crippen molar-refractivity contribution in [3.8, 4) is 0 Å². The molecule has 0 radical (unpaired) electrons. The molecule has 0 aliphatic carbocycles. The van der Waals surface area contributed by atoms with E-state index in [0.717, 1.165) is 5.56 Å². The lowest BCUT2D eigenvalue weighted by atomic mass is 9.86. The first kappa shape index (κ1) is 20.7. The Kier molecular flexibility index (Phi) is 7.15. The third-order valence-electron chi connectivity index (χ3n) is 4.00. The van der Waals surface area contributed by atoms with Crippen LogP contribution in [0.1, 0.15) is 50.0 Å². The summed E-state index contributed by atoms with van der Waals surface area (Å²) in [6.07, 6.45) is 0.102. The second kappa shape index (κ2) is 8.65. The smallest absolute Gasteiger partial charge is 0.328 e. The SMILES string of the molecule is COC(=O)[C@H](C)C[C@@H](NC(=O)c1ccc(C(C)(C)C)cc1)C(=O)OC. The second-order valence-electron chi connectivity index (χ2n) is 7.04. The molecule has 0 fully saturated rings. The van der Waals surface area contributed by atoms with Crippen molar-refractivity contribution < 1.29 is 23.9 Å². The van der Waals surface area contributed by atoms with Gasteiger partial charge in [-0.3, -0.25) is 9.59 Å². The van der Waals surface area contributed by atoms with Gasteiger partial charge in [-0.05, 0) is 29.5 Å². The number of benzene rings is 1. The monoisotopic (exact) mass is 349 g/mol. The molecule has 1 amide bonds. The molecule has 6 heteroatoms. The number of methoxy groups -OCH3 is 2. The molecule has 25 heavy (non-hydrogen) atoms. The van der Waals surface area contributed by atoms with E-state index < -0.39 is 29.8 Å². The van der Waals surface area contributed by atoms with Crippen molar-refractivity contribution in [2.24, 2.45) is 5.92 Å². The van der Waals surface area contributed by atoms with Crippen LogP contribution in [0.25, 0.3) is 0 Å². The molecule has 0 unspecified atom stereocenters. The molecule has 1 aromatic rings. The standard InChI is InChI=1S/C19H27NO5/c1-12(17(22)24-5)11-15(18(23)25-6)20-16(21)13-7-9-14(10-8-13)19(2,3)4/h7-10,12,15H,11H2,1-6H3,(H,20,21)/t12-,15-/m1/s1. The van der Waals surface area contributed by atoms with Gasteiger partial charge in [-0.1, -0.05) is 39.8 Å². The van der Waals surface area contributed by atoms with E-state index in [-0.39, 0.29) is 11.8 Å². The van der Waals surface area contributed by atoms with Gasteiger partial charge >= 0.3 is 11.9 Å². The van der Waals surface area contributed by atoms with E-state index in [9.17, 15) is 14.4 Å². The summed E-state index contributed by atoms with van der Waals surface area (Å²) >= 11 is 0. The van der Waals surface area contributed by atoms with Crippen molar-refractivity contribution in [3.63, 3.8) is 0 Å². The Labute approximate surface area is 148 Å². The average molecular weight is 349 g/mol. The average Bonchev–Trinajstić information content (AvgIpc) is 2.58. The van der Waals surface area contributed by atoms with Crippen LogP contribution in [-0.2, 0) is 24.5 Å². The normalized spacial score (nSPS) is 13.5. The number of amides is 1. The summed E-state index contributed by atoms with van der Waals surface area (Å²) in [5, 5.41) is 2.63. The van der Waals surface area contributed by atoms with Crippen molar-refractivity contribution in [2.75, 3.05) is 14.2 Å². The molecule has 2 atom stereocenters. The predicted molar refractivity (Wildman–Crippen MR) is 94.2 cm³/mol. The molecule has 0 aromatic heterocycles. The molecule has 138 valence electrons. The lowest BCUT2D eigenvalue weighted by molar-refractivity contribution is -0.147. The zero-order chi connectivity index (χ0) is 19.2. The van der Waals surface area contributed by atoms with Crippen LogP contribution in [0.5, 0.6) is 0 Å². The fourth-order valence-electron chi connectivity index (χ4n) is 2.37. The number of hydrogen-bond acceptors (Lipinski definition) is 5. The fourth-order valence-corrected chi connectivity index (χ4v) is 2.37. The van der Waals surface area contributed by atoms with E-state index in [0.29, 0.717) is 5.56 Å². The van der Waals surface area contributed by atoms with E-state index >= 15 is 0 Å². The first-order chi connectivity index (χ1) is 11.6. The van der Waals surface area contributed by atoms with Gasteiger partial charge in [0.25, 0.3) is 5.91 Å². The third kappa shape index (κ3) is 5.89. The summed E-state index contributed by atoms with van der Waals surface area (Å²) in [6.45, 7) is 7.89. The van der Waals surface area contributed by atoms with Crippen molar-refractivity contribution in [1.82, 2.24) is 5.32 Å². The van der Waals surface area contributed by atoms with Gasteiger partial charge in [-0.15, -0.1) is 0 Å². The quantitative estimate of drug-likeness (QED) is 0.798. The van der Waals surface area contributed by atoms with Gasteiger partial charge in [0.2, 0.25) is 0 Å². The molecule has 0 saturated heterocycles. The first-order valence-electron chi connectivity index (χ1n) is 8.17. The highest BCUT2D eigenvalue weighted by molar-refractivity contribution is 5.96. The van der Waals surface area contributed by atoms with Crippen molar-refractivity contribution in [1.29, 1.82) is 0 Å². The van der Waals surface area contributed by atoms with Crippen LogP contribution in [0, 0.1) is 5.92 Å². The van der Waals surface area contributed by atoms with Crippen LogP contribution in [-0.4, -0.2) is 38.1 Å². The first-order valence-corrected chi connectivity index (χ1v) is 8.17. The molecule has 0 bridgehead atoms. The molecule has 6 nitrogen and oxygen atoms in total. The Morgan fingerprint density at radius 3 is 1.96 bits per heavy atom. The highest BCUT2D eigenvalue weighted by atomic mass is 16.5. The maximum atomic E-state index is 12.4. The van der Waals surface area contributed by atoms with Crippen molar-refractivity contribution in [2.45, 2.75) is 45.6 Å². The van der Waals surface area contributed by atoms with Gasteiger partial charge in [0.15, 0.2) is 0 Å². The lowest BCUT2D eigenvalue weighted by Gasteiger charge is -2.20.